The van der Waals surface area contributed by atoms with E-state index in [0.717, 1.165) is 16.7 Å². The number of hydrogen-bond donors (Lipinski definition) is 1. The van der Waals surface area contributed by atoms with Crippen molar-refractivity contribution in [3.05, 3.63) is 88.1 Å². The van der Waals surface area contributed by atoms with Gasteiger partial charge in [-0.1, -0.05) is 36.4 Å². The van der Waals surface area contributed by atoms with Gasteiger partial charge in [0.2, 0.25) is 0 Å². The molecule has 0 aliphatic carbocycles. The quantitative estimate of drug-likeness (QED) is 0.433. The Labute approximate surface area is 172 Å². The third-order valence-corrected chi connectivity index (χ3v) is 4.94. The molecule has 3 rings (SSSR count). The van der Waals surface area contributed by atoms with E-state index in [-0.39, 0.29) is 12.6 Å². The van der Waals surface area contributed by atoms with Gasteiger partial charge in [-0.25, -0.2) is 4.79 Å². The van der Waals surface area contributed by atoms with Crippen LogP contribution in [-0.4, -0.2) is 31.4 Å². The first-order chi connectivity index (χ1) is 14.2. The summed E-state index contributed by atoms with van der Waals surface area (Å²) in [6.07, 6.45) is 0.718. The lowest BCUT2D eigenvalue weighted by molar-refractivity contribution is -0.150. The lowest BCUT2D eigenvalue weighted by Gasteiger charge is -2.18. The lowest BCUT2D eigenvalue weighted by atomic mass is 10.1. The standard InChI is InChI=1S/C22H19NO5S/c24-13-16-8-10-18(11-9-16)27-15-21(26)28-14-20(25)23-22(19-7-4-12-29-19)17-5-2-1-3-6-17/h1-13,22H,14-15H2,(H,23,25)/t22-/m1/s1. The highest BCUT2D eigenvalue weighted by molar-refractivity contribution is 7.10. The van der Waals surface area contributed by atoms with Crippen molar-refractivity contribution in [2.24, 2.45) is 0 Å². The number of rotatable bonds is 9. The molecule has 148 valence electrons. The van der Waals surface area contributed by atoms with Crippen molar-refractivity contribution in [2.75, 3.05) is 13.2 Å². The van der Waals surface area contributed by atoms with Crippen LogP contribution >= 0.6 is 11.3 Å². The maximum atomic E-state index is 12.3. The number of ether oxygens (including phenoxy) is 2. The van der Waals surface area contributed by atoms with Crippen LogP contribution in [0.5, 0.6) is 5.75 Å². The van der Waals surface area contributed by atoms with Crippen LogP contribution in [0.1, 0.15) is 26.8 Å². The third-order valence-electron chi connectivity index (χ3n) is 4.00. The Morgan fingerprint density at radius 2 is 1.72 bits per heavy atom. The zero-order valence-corrected chi connectivity index (χ0v) is 16.3. The number of thiophene rings is 1. The minimum atomic E-state index is -0.660. The number of carbonyl (C=O) groups is 3. The average molecular weight is 409 g/mol. The lowest BCUT2D eigenvalue weighted by Crippen LogP contribution is -2.33. The number of aldehydes is 1. The van der Waals surface area contributed by atoms with E-state index in [9.17, 15) is 14.4 Å². The molecule has 1 N–H and O–H groups in total. The largest absolute Gasteiger partial charge is 0.482 e. The Balaban J connectivity index is 1.49. The summed E-state index contributed by atoms with van der Waals surface area (Å²) in [6, 6.07) is 19.4. The normalized spacial score (nSPS) is 11.3. The monoisotopic (exact) mass is 409 g/mol. The Hall–Kier alpha value is -3.45. The first-order valence-electron chi connectivity index (χ1n) is 8.87. The summed E-state index contributed by atoms with van der Waals surface area (Å²) < 4.78 is 10.3. The summed E-state index contributed by atoms with van der Waals surface area (Å²) >= 11 is 1.54. The second kappa shape index (κ2) is 10.2. The second-order valence-electron chi connectivity index (χ2n) is 6.06. The maximum absolute atomic E-state index is 12.3. The summed E-state index contributed by atoms with van der Waals surface area (Å²) in [5, 5.41) is 4.84. The van der Waals surface area contributed by atoms with Crippen LogP contribution < -0.4 is 10.1 Å². The number of hydrogen-bond acceptors (Lipinski definition) is 6. The molecule has 0 bridgehead atoms. The van der Waals surface area contributed by atoms with Crippen molar-refractivity contribution in [1.29, 1.82) is 0 Å². The summed E-state index contributed by atoms with van der Waals surface area (Å²) in [5.74, 6) is -0.637. The predicted octanol–water partition coefficient (Wildman–Crippen LogP) is 3.39. The summed E-state index contributed by atoms with van der Waals surface area (Å²) in [6.45, 7) is -0.734. The molecule has 0 unspecified atom stereocenters. The fourth-order valence-electron chi connectivity index (χ4n) is 2.59. The minimum absolute atomic E-state index is 0.310. The van der Waals surface area contributed by atoms with Gasteiger partial charge in [0.1, 0.15) is 12.0 Å². The Morgan fingerprint density at radius 1 is 0.966 bits per heavy atom. The summed E-state index contributed by atoms with van der Waals surface area (Å²) in [7, 11) is 0. The van der Waals surface area contributed by atoms with E-state index in [1.165, 1.54) is 11.3 Å². The van der Waals surface area contributed by atoms with Crippen LogP contribution in [0.15, 0.2) is 72.1 Å². The van der Waals surface area contributed by atoms with E-state index in [1.54, 1.807) is 24.3 Å². The fraction of sp³-hybridized carbons (Fsp3) is 0.136. The number of carbonyl (C=O) groups excluding carboxylic acids is 3. The number of benzene rings is 2. The molecule has 0 aliphatic heterocycles. The molecular formula is C22H19NO5S. The van der Waals surface area contributed by atoms with E-state index in [1.807, 2.05) is 47.8 Å². The number of nitrogens with one attached hydrogen (secondary N) is 1. The molecule has 1 amide bonds. The highest BCUT2D eigenvalue weighted by atomic mass is 32.1. The molecule has 0 aliphatic rings. The van der Waals surface area contributed by atoms with Gasteiger partial charge in [0.15, 0.2) is 13.2 Å². The van der Waals surface area contributed by atoms with Gasteiger partial charge >= 0.3 is 5.97 Å². The van der Waals surface area contributed by atoms with Crippen LogP contribution in [0.2, 0.25) is 0 Å². The first kappa shape index (κ1) is 20.3. The molecule has 1 atom stereocenters. The Kier molecular flexibility index (Phi) is 7.13. The zero-order chi connectivity index (χ0) is 20.5. The van der Waals surface area contributed by atoms with E-state index in [0.29, 0.717) is 11.3 Å². The molecule has 0 spiro atoms. The highest BCUT2D eigenvalue weighted by Crippen LogP contribution is 2.25. The first-order valence-corrected chi connectivity index (χ1v) is 9.75. The molecule has 0 fully saturated rings. The molecule has 0 saturated heterocycles. The van der Waals surface area contributed by atoms with Gasteiger partial charge in [-0.3, -0.25) is 9.59 Å². The van der Waals surface area contributed by atoms with Crippen molar-refractivity contribution in [1.82, 2.24) is 5.32 Å². The van der Waals surface area contributed by atoms with Gasteiger partial charge in [0.25, 0.3) is 5.91 Å². The van der Waals surface area contributed by atoms with Crippen molar-refractivity contribution in [3.8, 4) is 5.75 Å². The molecule has 7 heteroatoms. The molecular weight excluding hydrogens is 390 g/mol. The molecule has 29 heavy (non-hydrogen) atoms. The smallest absolute Gasteiger partial charge is 0.344 e. The minimum Gasteiger partial charge on any atom is -0.482 e. The molecule has 3 aromatic rings. The molecule has 6 nitrogen and oxygen atoms in total. The number of esters is 1. The van der Waals surface area contributed by atoms with Crippen molar-refractivity contribution < 1.29 is 23.9 Å². The van der Waals surface area contributed by atoms with Gasteiger partial charge in [-0.15, -0.1) is 11.3 Å². The molecule has 0 saturated carbocycles. The summed E-state index contributed by atoms with van der Waals surface area (Å²) in [4.78, 5) is 35.8. The Bertz CT molecular complexity index is 939. The van der Waals surface area contributed by atoms with E-state index in [2.05, 4.69) is 5.32 Å². The van der Waals surface area contributed by atoms with Crippen LogP contribution in [0, 0.1) is 0 Å². The molecule has 0 radical (unpaired) electrons. The SMILES string of the molecule is O=Cc1ccc(OCC(=O)OCC(=O)N[C@H](c2ccccc2)c2cccs2)cc1. The van der Waals surface area contributed by atoms with Crippen LogP contribution in [0.3, 0.4) is 0 Å². The molecule has 1 heterocycles. The van der Waals surface area contributed by atoms with Crippen LogP contribution in [0.4, 0.5) is 0 Å². The van der Waals surface area contributed by atoms with Gasteiger partial charge in [-0.2, -0.15) is 0 Å². The summed E-state index contributed by atoms with van der Waals surface area (Å²) in [5.41, 5.74) is 1.45. The van der Waals surface area contributed by atoms with Crippen molar-refractivity contribution in [2.45, 2.75) is 6.04 Å². The average Bonchev–Trinajstić information content (AvgIpc) is 3.30. The van der Waals surface area contributed by atoms with Crippen molar-refractivity contribution >= 4 is 29.5 Å². The predicted molar refractivity (Wildman–Crippen MR) is 109 cm³/mol. The second-order valence-corrected chi connectivity index (χ2v) is 7.04. The maximum Gasteiger partial charge on any atom is 0.344 e. The van der Waals surface area contributed by atoms with Gasteiger partial charge < -0.3 is 14.8 Å². The third kappa shape index (κ3) is 6.02. The van der Waals surface area contributed by atoms with Gasteiger partial charge in [0, 0.05) is 10.4 Å². The highest BCUT2D eigenvalue weighted by Gasteiger charge is 2.18. The van der Waals surface area contributed by atoms with E-state index < -0.39 is 18.5 Å². The van der Waals surface area contributed by atoms with Crippen molar-refractivity contribution in [3.63, 3.8) is 0 Å². The zero-order valence-electron chi connectivity index (χ0n) is 15.4. The van der Waals surface area contributed by atoms with Gasteiger partial charge in [0.05, 0.1) is 6.04 Å². The fourth-order valence-corrected chi connectivity index (χ4v) is 3.40. The number of amides is 1. The van der Waals surface area contributed by atoms with E-state index >= 15 is 0 Å². The molecule has 1 aromatic heterocycles. The molecule has 2 aromatic carbocycles. The van der Waals surface area contributed by atoms with Crippen LogP contribution in [-0.2, 0) is 14.3 Å². The van der Waals surface area contributed by atoms with E-state index in [4.69, 9.17) is 9.47 Å². The topological polar surface area (TPSA) is 81.7 Å². The van der Waals surface area contributed by atoms with Gasteiger partial charge in [-0.05, 0) is 41.3 Å². The Morgan fingerprint density at radius 3 is 2.38 bits per heavy atom. The van der Waals surface area contributed by atoms with Crippen LogP contribution in [0.25, 0.3) is 0 Å².